The summed E-state index contributed by atoms with van der Waals surface area (Å²) < 4.78 is 36.3. The van der Waals surface area contributed by atoms with Gasteiger partial charge in [0.1, 0.15) is 0 Å². The third kappa shape index (κ3) is 5.16. The van der Waals surface area contributed by atoms with Gasteiger partial charge in [0.05, 0.1) is 17.1 Å². The highest BCUT2D eigenvalue weighted by Crippen LogP contribution is 2.42. The highest BCUT2D eigenvalue weighted by atomic mass is 32.2. The molecule has 160 valence electrons. The van der Waals surface area contributed by atoms with Gasteiger partial charge in [-0.3, -0.25) is 0 Å². The van der Waals surface area contributed by atoms with Crippen molar-refractivity contribution in [1.29, 1.82) is 0 Å². The molecule has 0 bridgehead atoms. The molecule has 30 heavy (non-hydrogen) atoms. The average molecular weight is 432 g/mol. The molecular formula is C21H24N2O6S. The summed E-state index contributed by atoms with van der Waals surface area (Å²) in [4.78, 5) is 23.4. The van der Waals surface area contributed by atoms with Crippen molar-refractivity contribution in [1.82, 2.24) is 9.87 Å². The lowest BCUT2D eigenvalue weighted by atomic mass is 10.0. The van der Waals surface area contributed by atoms with Gasteiger partial charge in [-0.05, 0) is 60.1 Å². The Labute approximate surface area is 175 Å². The first kappa shape index (κ1) is 20.8. The van der Waals surface area contributed by atoms with E-state index in [9.17, 15) is 13.2 Å². The second-order valence-corrected chi connectivity index (χ2v) is 9.15. The van der Waals surface area contributed by atoms with Gasteiger partial charge in [-0.2, -0.15) is 0 Å². The molecule has 1 aliphatic heterocycles. The number of carbonyl (C=O) groups is 1. The first-order chi connectivity index (χ1) is 14.5. The Hall–Kier alpha value is -2.49. The molecule has 0 spiro atoms. The van der Waals surface area contributed by atoms with Crippen LogP contribution < -0.4 is 9.62 Å². The second kappa shape index (κ2) is 9.11. The molecule has 1 saturated heterocycles. The molecule has 2 heterocycles. The van der Waals surface area contributed by atoms with E-state index in [0.29, 0.717) is 12.5 Å². The number of rotatable bonds is 8. The minimum Gasteiger partial charge on any atom is -0.477 e. The van der Waals surface area contributed by atoms with Gasteiger partial charge in [0, 0.05) is 25.5 Å². The topological polar surface area (TPSA) is 104 Å². The fourth-order valence-electron chi connectivity index (χ4n) is 3.39. The monoisotopic (exact) mass is 432 g/mol. The van der Waals surface area contributed by atoms with Crippen LogP contribution in [-0.4, -0.2) is 39.2 Å². The number of nitrogens with one attached hydrogen (secondary N) is 1. The number of nitrogens with zero attached hydrogens (tertiary/aromatic N) is 1. The van der Waals surface area contributed by atoms with Crippen molar-refractivity contribution in [2.45, 2.75) is 36.5 Å². The summed E-state index contributed by atoms with van der Waals surface area (Å²) in [5, 5.41) is 0. The summed E-state index contributed by atoms with van der Waals surface area (Å²) in [5.74, 6) is 0.0808. The number of ether oxygens (including phenoxy) is 2. The maximum absolute atomic E-state index is 12.6. The van der Waals surface area contributed by atoms with Crippen molar-refractivity contribution in [2.24, 2.45) is 5.92 Å². The molecule has 1 aliphatic carbocycles. The van der Waals surface area contributed by atoms with Crippen LogP contribution in [0, 0.1) is 5.92 Å². The Morgan fingerprint density at radius 2 is 1.90 bits per heavy atom. The van der Waals surface area contributed by atoms with E-state index in [1.54, 1.807) is 18.2 Å². The second-order valence-electron chi connectivity index (χ2n) is 7.54. The maximum atomic E-state index is 12.6. The molecule has 9 heteroatoms. The van der Waals surface area contributed by atoms with E-state index < -0.39 is 16.0 Å². The molecule has 2 aliphatic rings. The van der Waals surface area contributed by atoms with Crippen molar-refractivity contribution >= 4 is 16.0 Å². The van der Waals surface area contributed by atoms with Crippen LogP contribution in [0.25, 0.3) is 0 Å². The summed E-state index contributed by atoms with van der Waals surface area (Å²) in [6.07, 6.45) is 5.18. The number of benzene rings is 1. The van der Waals surface area contributed by atoms with E-state index >= 15 is 0 Å². The van der Waals surface area contributed by atoms with Gasteiger partial charge in [0.2, 0.25) is 5.88 Å². The van der Waals surface area contributed by atoms with E-state index in [4.69, 9.17) is 14.3 Å². The molecule has 0 atom stereocenters. The molecule has 1 saturated carbocycles. The first-order valence-electron chi connectivity index (χ1n) is 10.0. The highest BCUT2D eigenvalue weighted by molar-refractivity contribution is 7.89. The standard InChI is InChI=1S/C21H24N2O6S/c24-21(17-7-10-22-20(13-17)28-14-15-8-11-27-12-9-15)29-23-30(25,26)19-4-2-1-3-18(19)16-5-6-16/h1-4,7,10,13,15-16,23H,5-6,8-9,11-12,14H2. The number of carbonyl (C=O) groups excluding carboxylic acids is 1. The van der Waals surface area contributed by atoms with Crippen molar-refractivity contribution in [3.8, 4) is 5.88 Å². The molecule has 8 nitrogen and oxygen atoms in total. The average Bonchev–Trinajstić information content (AvgIpc) is 3.62. The molecule has 2 fully saturated rings. The minimum absolute atomic E-state index is 0.135. The smallest absolute Gasteiger partial charge is 0.358 e. The fraction of sp³-hybridized carbons (Fsp3) is 0.429. The van der Waals surface area contributed by atoms with Gasteiger partial charge in [-0.1, -0.05) is 18.2 Å². The van der Waals surface area contributed by atoms with Crippen LogP contribution in [0.1, 0.15) is 47.5 Å². The fourth-order valence-corrected chi connectivity index (χ4v) is 4.46. The number of hydrogen-bond donors (Lipinski definition) is 1. The van der Waals surface area contributed by atoms with Crippen molar-refractivity contribution in [3.63, 3.8) is 0 Å². The SMILES string of the molecule is O=C(ONS(=O)(=O)c1ccccc1C1CC1)c1ccnc(OCC2CCOCC2)c1. The summed E-state index contributed by atoms with van der Waals surface area (Å²) in [5.41, 5.74) is 0.888. The molecule has 0 amide bonds. The van der Waals surface area contributed by atoms with Crippen LogP contribution in [0.5, 0.6) is 5.88 Å². The largest absolute Gasteiger partial charge is 0.477 e. The minimum atomic E-state index is -3.99. The van der Waals surface area contributed by atoms with E-state index in [2.05, 4.69) is 4.98 Å². The third-order valence-corrected chi connectivity index (χ3v) is 6.50. The zero-order chi connectivity index (χ0) is 21.0. The third-order valence-electron chi connectivity index (χ3n) is 5.25. The Balaban J connectivity index is 1.37. The van der Waals surface area contributed by atoms with Crippen molar-refractivity contribution < 1.29 is 27.5 Å². The van der Waals surface area contributed by atoms with Crippen LogP contribution in [0.15, 0.2) is 47.5 Å². The number of sulfonamides is 1. The molecule has 1 aromatic heterocycles. The zero-order valence-electron chi connectivity index (χ0n) is 16.5. The van der Waals surface area contributed by atoms with Crippen LogP contribution in [-0.2, 0) is 19.6 Å². The molecule has 1 N–H and O–H groups in total. The van der Waals surface area contributed by atoms with Gasteiger partial charge in [-0.15, -0.1) is 0 Å². The van der Waals surface area contributed by atoms with Crippen LogP contribution in [0.4, 0.5) is 0 Å². The molecule has 4 rings (SSSR count). The van der Waals surface area contributed by atoms with Gasteiger partial charge in [0.15, 0.2) is 0 Å². The van der Waals surface area contributed by atoms with Crippen molar-refractivity contribution in [2.75, 3.05) is 19.8 Å². The van der Waals surface area contributed by atoms with Gasteiger partial charge >= 0.3 is 5.97 Å². The summed E-state index contributed by atoms with van der Waals surface area (Å²) in [6, 6.07) is 9.63. The van der Waals surface area contributed by atoms with Crippen LogP contribution in [0.2, 0.25) is 0 Å². The lowest BCUT2D eigenvalue weighted by Gasteiger charge is -2.21. The highest BCUT2D eigenvalue weighted by Gasteiger charge is 2.30. The molecule has 0 radical (unpaired) electrons. The van der Waals surface area contributed by atoms with Crippen LogP contribution >= 0.6 is 0 Å². The van der Waals surface area contributed by atoms with Gasteiger partial charge in [0.25, 0.3) is 10.0 Å². The van der Waals surface area contributed by atoms with E-state index in [0.717, 1.165) is 44.5 Å². The maximum Gasteiger partial charge on any atom is 0.358 e. The Bertz CT molecular complexity index is 1000. The lowest BCUT2D eigenvalue weighted by molar-refractivity contribution is 0.0405. The van der Waals surface area contributed by atoms with Crippen LogP contribution in [0.3, 0.4) is 0 Å². The van der Waals surface area contributed by atoms with E-state index in [1.165, 1.54) is 24.4 Å². The molecule has 0 unspecified atom stereocenters. The number of aromatic nitrogens is 1. The van der Waals surface area contributed by atoms with Gasteiger partial charge in [-0.25, -0.2) is 18.2 Å². The van der Waals surface area contributed by atoms with Crippen molar-refractivity contribution in [3.05, 3.63) is 53.7 Å². The Morgan fingerprint density at radius 1 is 1.13 bits per heavy atom. The molecule has 1 aromatic carbocycles. The van der Waals surface area contributed by atoms with Gasteiger partial charge < -0.3 is 14.3 Å². The predicted octanol–water partition coefficient (Wildman–Crippen LogP) is 2.81. The summed E-state index contributed by atoms with van der Waals surface area (Å²) in [6.45, 7) is 1.93. The molecule has 2 aromatic rings. The quantitative estimate of drug-likeness (QED) is 0.640. The zero-order valence-corrected chi connectivity index (χ0v) is 17.3. The predicted molar refractivity (Wildman–Crippen MR) is 107 cm³/mol. The van der Waals surface area contributed by atoms with E-state index in [1.807, 2.05) is 4.89 Å². The normalized spacial score (nSPS) is 17.5. The Morgan fingerprint density at radius 3 is 2.67 bits per heavy atom. The van der Waals surface area contributed by atoms with E-state index in [-0.39, 0.29) is 22.3 Å². The number of pyridine rings is 1. The summed E-state index contributed by atoms with van der Waals surface area (Å²) in [7, 11) is -3.99. The lowest BCUT2D eigenvalue weighted by Crippen LogP contribution is -2.28. The summed E-state index contributed by atoms with van der Waals surface area (Å²) >= 11 is 0. The number of hydrogen-bond acceptors (Lipinski definition) is 7. The Kier molecular flexibility index (Phi) is 6.31. The molecular weight excluding hydrogens is 408 g/mol. The first-order valence-corrected chi connectivity index (χ1v) is 11.5.